The number of ether oxygens (including phenoxy) is 2. The third-order valence-electron chi connectivity index (χ3n) is 3.54. The summed E-state index contributed by atoms with van der Waals surface area (Å²) in [5, 5.41) is 3.28. The number of methoxy groups -OCH3 is 2. The highest BCUT2D eigenvalue weighted by molar-refractivity contribution is 5.42. The molecule has 1 saturated heterocycles. The normalized spacial score (nSPS) is 18.1. The average Bonchev–Trinajstić information content (AvgIpc) is 2.49. The fourth-order valence-electron chi connectivity index (χ4n) is 2.46. The lowest BCUT2D eigenvalue weighted by atomic mass is 10.0. The minimum atomic E-state index is -0.414. The summed E-state index contributed by atoms with van der Waals surface area (Å²) in [4.78, 5) is 2.15. The zero-order valence-corrected chi connectivity index (χ0v) is 11.5. The number of benzene rings is 1. The second kappa shape index (κ2) is 6.73. The Hall–Kier alpha value is -1.33. The van der Waals surface area contributed by atoms with Crippen molar-refractivity contribution in [2.24, 2.45) is 0 Å². The molecule has 2 rings (SSSR count). The SMILES string of the molecule is COc1ccc([C@H](CF)N2CCNCC2)c(OC)c1. The van der Waals surface area contributed by atoms with Crippen LogP contribution in [0.25, 0.3) is 0 Å². The number of piperazine rings is 1. The number of halogens is 1. The van der Waals surface area contributed by atoms with Crippen LogP contribution < -0.4 is 14.8 Å². The van der Waals surface area contributed by atoms with E-state index >= 15 is 0 Å². The highest BCUT2D eigenvalue weighted by Gasteiger charge is 2.25. The van der Waals surface area contributed by atoms with Gasteiger partial charge in [0.15, 0.2) is 0 Å². The van der Waals surface area contributed by atoms with Gasteiger partial charge in [-0.1, -0.05) is 0 Å². The molecule has 0 unspecified atom stereocenters. The van der Waals surface area contributed by atoms with Crippen molar-refractivity contribution in [1.82, 2.24) is 10.2 Å². The zero-order valence-electron chi connectivity index (χ0n) is 11.5. The number of nitrogens with one attached hydrogen (secondary N) is 1. The summed E-state index contributed by atoms with van der Waals surface area (Å²) in [6.07, 6.45) is 0. The monoisotopic (exact) mass is 268 g/mol. The van der Waals surface area contributed by atoms with Crippen LogP contribution in [0.3, 0.4) is 0 Å². The third kappa shape index (κ3) is 3.16. The van der Waals surface area contributed by atoms with Gasteiger partial charge in [-0.3, -0.25) is 4.90 Å². The first-order chi connectivity index (χ1) is 9.30. The Balaban J connectivity index is 2.26. The Labute approximate surface area is 113 Å². The fraction of sp³-hybridized carbons (Fsp3) is 0.571. The summed E-state index contributed by atoms with van der Waals surface area (Å²) in [5.41, 5.74) is 0.882. The minimum Gasteiger partial charge on any atom is -0.497 e. The first-order valence-electron chi connectivity index (χ1n) is 6.52. The molecular weight excluding hydrogens is 247 g/mol. The molecule has 1 N–H and O–H groups in total. The lowest BCUT2D eigenvalue weighted by molar-refractivity contribution is 0.145. The predicted molar refractivity (Wildman–Crippen MR) is 72.7 cm³/mol. The van der Waals surface area contributed by atoms with E-state index in [1.54, 1.807) is 20.3 Å². The molecule has 4 nitrogen and oxygen atoms in total. The van der Waals surface area contributed by atoms with E-state index in [0.29, 0.717) is 5.75 Å². The second-order valence-corrected chi connectivity index (χ2v) is 4.56. The van der Waals surface area contributed by atoms with Gasteiger partial charge in [-0.05, 0) is 12.1 Å². The van der Waals surface area contributed by atoms with Crippen molar-refractivity contribution in [1.29, 1.82) is 0 Å². The van der Waals surface area contributed by atoms with Crippen molar-refractivity contribution in [3.63, 3.8) is 0 Å². The minimum absolute atomic E-state index is 0.247. The molecular formula is C14H21FN2O2. The van der Waals surface area contributed by atoms with Gasteiger partial charge >= 0.3 is 0 Å². The number of hydrogen-bond acceptors (Lipinski definition) is 4. The van der Waals surface area contributed by atoms with Gasteiger partial charge in [-0.2, -0.15) is 0 Å². The lowest BCUT2D eigenvalue weighted by Crippen LogP contribution is -2.45. The van der Waals surface area contributed by atoms with Crippen molar-refractivity contribution in [3.8, 4) is 11.5 Å². The summed E-state index contributed by atoms with van der Waals surface area (Å²) in [6.45, 7) is 3.08. The molecule has 1 atom stereocenters. The largest absolute Gasteiger partial charge is 0.497 e. The van der Waals surface area contributed by atoms with Crippen LogP contribution in [0.2, 0.25) is 0 Å². The van der Waals surface area contributed by atoms with Crippen molar-refractivity contribution in [3.05, 3.63) is 23.8 Å². The van der Waals surface area contributed by atoms with E-state index in [-0.39, 0.29) is 6.04 Å². The summed E-state index contributed by atoms with van der Waals surface area (Å²) < 4.78 is 24.0. The Morgan fingerprint density at radius 3 is 2.58 bits per heavy atom. The molecule has 1 aliphatic rings. The first kappa shape index (κ1) is 14.1. The maximum atomic E-state index is 13.5. The van der Waals surface area contributed by atoms with Crippen molar-refractivity contribution in [2.45, 2.75) is 6.04 Å². The molecule has 0 aliphatic carbocycles. The van der Waals surface area contributed by atoms with E-state index in [1.165, 1.54) is 0 Å². The maximum absolute atomic E-state index is 13.5. The topological polar surface area (TPSA) is 33.7 Å². The Bertz CT molecular complexity index is 408. The molecule has 0 radical (unpaired) electrons. The van der Waals surface area contributed by atoms with E-state index in [9.17, 15) is 4.39 Å². The van der Waals surface area contributed by atoms with E-state index in [4.69, 9.17) is 9.47 Å². The molecule has 0 bridgehead atoms. The van der Waals surface area contributed by atoms with Crippen LogP contribution in [0.5, 0.6) is 11.5 Å². The quantitative estimate of drug-likeness (QED) is 0.880. The van der Waals surface area contributed by atoms with Crippen molar-refractivity contribution < 1.29 is 13.9 Å². The molecule has 1 heterocycles. The Kier molecular flexibility index (Phi) is 4.99. The highest BCUT2D eigenvalue weighted by Crippen LogP contribution is 2.33. The molecule has 1 aliphatic heterocycles. The zero-order chi connectivity index (χ0) is 13.7. The molecule has 0 saturated carbocycles. The van der Waals surface area contributed by atoms with Gasteiger partial charge in [0.05, 0.1) is 20.3 Å². The molecule has 19 heavy (non-hydrogen) atoms. The van der Waals surface area contributed by atoms with Crippen molar-refractivity contribution in [2.75, 3.05) is 47.1 Å². The molecule has 0 aromatic heterocycles. The van der Waals surface area contributed by atoms with E-state index in [2.05, 4.69) is 10.2 Å². The standard InChI is InChI=1S/C14H21FN2O2/c1-18-11-3-4-12(14(9-11)19-2)13(10-15)17-7-5-16-6-8-17/h3-4,9,13,16H,5-8,10H2,1-2H3/t13-/m0/s1. The van der Waals surface area contributed by atoms with Gasteiger partial charge in [-0.25, -0.2) is 4.39 Å². The summed E-state index contributed by atoms with van der Waals surface area (Å²) >= 11 is 0. The van der Waals surface area contributed by atoms with Crippen molar-refractivity contribution >= 4 is 0 Å². The molecule has 0 amide bonds. The lowest BCUT2D eigenvalue weighted by Gasteiger charge is -2.34. The molecule has 0 spiro atoms. The molecule has 1 aromatic rings. The average molecular weight is 268 g/mol. The van der Waals surface area contributed by atoms with Gasteiger partial charge < -0.3 is 14.8 Å². The van der Waals surface area contributed by atoms with Gasteiger partial charge in [-0.15, -0.1) is 0 Å². The third-order valence-corrected chi connectivity index (χ3v) is 3.54. The number of nitrogens with zero attached hydrogens (tertiary/aromatic N) is 1. The van der Waals surface area contributed by atoms with Crippen LogP contribution in [-0.4, -0.2) is 52.0 Å². The smallest absolute Gasteiger partial charge is 0.127 e. The maximum Gasteiger partial charge on any atom is 0.127 e. The van der Waals surface area contributed by atoms with Gasteiger partial charge in [0.25, 0.3) is 0 Å². The Morgan fingerprint density at radius 1 is 1.26 bits per heavy atom. The number of alkyl halides is 1. The summed E-state index contributed by atoms with van der Waals surface area (Å²) in [6, 6.07) is 5.30. The van der Waals surface area contributed by atoms with Crippen LogP contribution in [0, 0.1) is 0 Å². The van der Waals surface area contributed by atoms with Crippen LogP contribution >= 0.6 is 0 Å². The molecule has 5 heteroatoms. The fourth-order valence-corrected chi connectivity index (χ4v) is 2.46. The molecule has 106 valence electrons. The van der Waals surface area contributed by atoms with Crippen LogP contribution in [0.1, 0.15) is 11.6 Å². The summed E-state index contributed by atoms with van der Waals surface area (Å²) in [7, 11) is 3.21. The van der Waals surface area contributed by atoms with Crippen LogP contribution in [-0.2, 0) is 0 Å². The van der Waals surface area contributed by atoms with Crippen LogP contribution in [0.15, 0.2) is 18.2 Å². The first-order valence-corrected chi connectivity index (χ1v) is 6.52. The second-order valence-electron chi connectivity index (χ2n) is 4.56. The van der Waals surface area contributed by atoms with Crippen LogP contribution in [0.4, 0.5) is 4.39 Å². The van der Waals surface area contributed by atoms with E-state index in [0.717, 1.165) is 37.5 Å². The van der Waals surface area contributed by atoms with Gasteiger partial charge in [0.1, 0.15) is 18.2 Å². The van der Waals surface area contributed by atoms with E-state index < -0.39 is 6.67 Å². The highest BCUT2D eigenvalue weighted by atomic mass is 19.1. The number of rotatable bonds is 5. The number of hydrogen-bond donors (Lipinski definition) is 1. The summed E-state index contributed by atoms with van der Waals surface area (Å²) in [5.74, 6) is 1.40. The van der Waals surface area contributed by atoms with E-state index in [1.807, 2.05) is 12.1 Å². The molecule has 1 fully saturated rings. The predicted octanol–water partition coefficient (Wildman–Crippen LogP) is 1.62. The van der Waals surface area contributed by atoms with Gasteiger partial charge in [0.2, 0.25) is 0 Å². The Morgan fingerprint density at radius 2 is 2.00 bits per heavy atom. The molecule has 1 aromatic carbocycles. The van der Waals surface area contributed by atoms with Gasteiger partial charge in [0, 0.05) is 37.8 Å².